The first-order valence-electron chi connectivity index (χ1n) is 2.36. The number of ketones is 1. The summed E-state index contributed by atoms with van der Waals surface area (Å²) in [5, 5.41) is 0. The van der Waals surface area contributed by atoms with Gasteiger partial charge in [-0.15, -0.1) is 0 Å². The summed E-state index contributed by atoms with van der Waals surface area (Å²) in [4.78, 5) is 10.4. The molecule has 0 aromatic heterocycles. The van der Waals surface area contributed by atoms with E-state index in [-0.39, 0.29) is 5.78 Å². The Morgan fingerprint density at radius 1 is 1.38 bits per heavy atom. The summed E-state index contributed by atoms with van der Waals surface area (Å²) in [6, 6.07) is 0. The fraction of sp³-hybridized carbons (Fsp3) is 0. The van der Waals surface area contributed by atoms with Gasteiger partial charge in [0.2, 0.25) is 0 Å². The van der Waals surface area contributed by atoms with Gasteiger partial charge in [0.05, 0.1) is 6.08 Å². The molecule has 1 nitrogen and oxygen atoms in total. The minimum Gasteiger partial charge on any atom is -0.211 e. The molecule has 0 spiro atoms. The van der Waals surface area contributed by atoms with Crippen molar-refractivity contribution in [3.63, 3.8) is 0 Å². The third-order valence-corrected chi connectivity index (χ3v) is 0.790. The molecule has 1 aliphatic rings. The molecule has 8 heavy (non-hydrogen) atoms. The van der Waals surface area contributed by atoms with Crippen molar-refractivity contribution >= 4 is 5.78 Å². The molecule has 0 radical (unpaired) electrons. The number of carbonyl (C=O) groups excluding carboxylic acids is 1. The van der Waals surface area contributed by atoms with Crippen LogP contribution in [0.15, 0.2) is 30.4 Å². The highest BCUT2D eigenvalue weighted by Gasteiger charge is 1.96. The van der Waals surface area contributed by atoms with E-state index in [1.807, 2.05) is 0 Å². The van der Waals surface area contributed by atoms with Crippen LogP contribution in [0.25, 0.3) is 0 Å². The Labute approximate surface area is 48.0 Å². The molecule has 0 amide bonds. The van der Waals surface area contributed by atoms with E-state index in [9.17, 15) is 4.79 Å². The third kappa shape index (κ3) is 1.14. The number of allylic oxidation sites excluding steroid dienone is 6. The smallest absolute Gasteiger partial charge is 0.211 e. The Bertz CT molecular complexity index is 155. The lowest BCUT2D eigenvalue weighted by molar-refractivity contribution is -0.110. The zero-order valence-electron chi connectivity index (χ0n) is 4.29. The normalized spacial score (nSPS) is 15.8. The molecule has 0 fully saturated rings. The molecule has 0 aromatic carbocycles. The molecule has 0 aromatic rings. The molecule has 0 atom stereocenters. The SMILES string of the molecule is O=C1C=[C+]C=CC=C1. The van der Waals surface area contributed by atoms with Crippen LogP contribution in [0.1, 0.15) is 0 Å². The van der Waals surface area contributed by atoms with Gasteiger partial charge < -0.3 is 0 Å². The molecular weight excluding hydrogens is 100 g/mol. The first-order chi connectivity index (χ1) is 3.89. The largest absolute Gasteiger partial charge is 0.283 e. The van der Waals surface area contributed by atoms with E-state index in [0.29, 0.717) is 0 Å². The topological polar surface area (TPSA) is 17.1 Å². The van der Waals surface area contributed by atoms with Crippen LogP contribution in [0.2, 0.25) is 0 Å². The van der Waals surface area contributed by atoms with Crippen molar-refractivity contribution in [3.8, 4) is 0 Å². The number of hydrogen-bond donors (Lipinski definition) is 0. The van der Waals surface area contributed by atoms with Gasteiger partial charge in [-0.2, -0.15) is 0 Å². The summed E-state index contributed by atoms with van der Waals surface area (Å²) in [7, 11) is 0. The Kier molecular flexibility index (Phi) is 1.36. The van der Waals surface area contributed by atoms with Gasteiger partial charge in [0.25, 0.3) is 5.78 Å². The average molecular weight is 105 g/mol. The highest BCUT2D eigenvalue weighted by molar-refractivity contribution is 5.99. The summed E-state index contributed by atoms with van der Waals surface area (Å²) >= 11 is 0. The van der Waals surface area contributed by atoms with Crippen LogP contribution in [-0.4, -0.2) is 5.78 Å². The van der Waals surface area contributed by atoms with Crippen LogP contribution < -0.4 is 0 Å². The van der Waals surface area contributed by atoms with E-state index in [1.165, 1.54) is 12.2 Å². The molecule has 1 aliphatic carbocycles. The second-order valence-corrected chi connectivity index (χ2v) is 1.43. The predicted molar refractivity (Wildman–Crippen MR) is 31.1 cm³/mol. The predicted octanol–water partition coefficient (Wildman–Crippen LogP) is 1.04. The van der Waals surface area contributed by atoms with Crippen molar-refractivity contribution in [1.29, 1.82) is 0 Å². The van der Waals surface area contributed by atoms with Crippen LogP contribution in [-0.2, 0) is 4.79 Å². The molecule has 0 heterocycles. The van der Waals surface area contributed by atoms with E-state index in [2.05, 4.69) is 6.08 Å². The van der Waals surface area contributed by atoms with Crippen molar-refractivity contribution in [3.05, 3.63) is 36.5 Å². The maximum absolute atomic E-state index is 10.4. The van der Waals surface area contributed by atoms with Gasteiger partial charge in [0.15, 0.2) is 6.08 Å². The van der Waals surface area contributed by atoms with Gasteiger partial charge in [-0.3, -0.25) is 0 Å². The molecule has 0 aliphatic heterocycles. The zero-order valence-corrected chi connectivity index (χ0v) is 4.29. The minimum atomic E-state index is -0.00463. The second-order valence-electron chi connectivity index (χ2n) is 1.43. The van der Waals surface area contributed by atoms with E-state index < -0.39 is 0 Å². The van der Waals surface area contributed by atoms with Gasteiger partial charge in [-0.1, -0.05) is 0 Å². The molecule has 0 bridgehead atoms. The second kappa shape index (κ2) is 2.20. The molecular formula is C7H5O+. The van der Waals surface area contributed by atoms with Crippen LogP contribution >= 0.6 is 0 Å². The van der Waals surface area contributed by atoms with E-state index >= 15 is 0 Å². The molecule has 1 heteroatoms. The first kappa shape index (κ1) is 4.95. The molecule has 0 N–H and O–H groups in total. The van der Waals surface area contributed by atoms with E-state index in [4.69, 9.17) is 0 Å². The van der Waals surface area contributed by atoms with Gasteiger partial charge in [-0.25, -0.2) is 4.79 Å². The lowest BCUT2D eigenvalue weighted by Crippen LogP contribution is -1.80. The molecule has 0 saturated carbocycles. The fourth-order valence-electron chi connectivity index (χ4n) is 0.440. The van der Waals surface area contributed by atoms with Crippen molar-refractivity contribution in [2.45, 2.75) is 0 Å². The molecule has 0 unspecified atom stereocenters. The summed E-state index contributed by atoms with van der Waals surface area (Å²) < 4.78 is 0. The van der Waals surface area contributed by atoms with Crippen molar-refractivity contribution in [2.24, 2.45) is 0 Å². The van der Waals surface area contributed by atoms with Crippen molar-refractivity contribution < 1.29 is 4.79 Å². The molecule has 0 saturated heterocycles. The summed E-state index contributed by atoms with van der Waals surface area (Å²) in [5.74, 6) is -0.00463. The minimum absolute atomic E-state index is 0.00463. The Morgan fingerprint density at radius 2 is 2.25 bits per heavy atom. The van der Waals surface area contributed by atoms with Crippen LogP contribution in [0.5, 0.6) is 0 Å². The summed E-state index contributed by atoms with van der Waals surface area (Å²) in [6.07, 6.45) is 10.7. The van der Waals surface area contributed by atoms with Crippen molar-refractivity contribution in [2.75, 3.05) is 0 Å². The number of carbonyl (C=O) groups is 1. The standard InChI is InChI=1S/C7H5O/c8-7-5-3-1-2-4-6-7/h1-3,5-6H/q+1. The summed E-state index contributed by atoms with van der Waals surface area (Å²) in [6.45, 7) is 0. The van der Waals surface area contributed by atoms with Gasteiger partial charge in [0.1, 0.15) is 6.08 Å². The fourth-order valence-corrected chi connectivity index (χ4v) is 0.440. The Morgan fingerprint density at radius 3 is 3.12 bits per heavy atom. The lowest BCUT2D eigenvalue weighted by Gasteiger charge is -1.61. The highest BCUT2D eigenvalue weighted by Crippen LogP contribution is 1.87. The highest BCUT2D eigenvalue weighted by atomic mass is 16.1. The third-order valence-electron chi connectivity index (χ3n) is 0.790. The Balaban J connectivity index is 2.81. The van der Waals surface area contributed by atoms with E-state index in [0.717, 1.165) is 0 Å². The maximum Gasteiger partial charge on any atom is 0.283 e. The van der Waals surface area contributed by atoms with Crippen LogP contribution in [0.3, 0.4) is 0 Å². The first-order valence-corrected chi connectivity index (χ1v) is 2.36. The van der Waals surface area contributed by atoms with Crippen molar-refractivity contribution in [1.82, 2.24) is 0 Å². The number of hydrogen-bond acceptors (Lipinski definition) is 1. The monoisotopic (exact) mass is 105 g/mol. The average Bonchev–Trinajstić information content (AvgIpc) is 1.94. The lowest BCUT2D eigenvalue weighted by atomic mass is 10.3. The quantitative estimate of drug-likeness (QED) is 0.421. The summed E-state index contributed by atoms with van der Waals surface area (Å²) in [5.41, 5.74) is 0. The van der Waals surface area contributed by atoms with Gasteiger partial charge >= 0.3 is 0 Å². The van der Waals surface area contributed by atoms with Gasteiger partial charge in [-0.05, 0) is 0 Å². The van der Waals surface area contributed by atoms with Gasteiger partial charge in [0, 0.05) is 18.2 Å². The molecule has 38 valence electrons. The maximum atomic E-state index is 10.4. The molecule has 1 rings (SSSR count). The Hall–Kier alpha value is -1.20. The zero-order chi connectivity index (χ0) is 5.82. The number of rotatable bonds is 0. The van der Waals surface area contributed by atoms with E-state index in [1.54, 1.807) is 18.2 Å². The van der Waals surface area contributed by atoms with Crippen LogP contribution in [0, 0.1) is 6.08 Å². The van der Waals surface area contributed by atoms with Crippen LogP contribution in [0.4, 0.5) is 0 Å².